The van der Waals surface area contributed by atoms with Gasteiger partial charge in [0.15, 0.2) is 0 Å². The van der Waals surface area contributed by atoms with Gasteiger partial charge in [-0.25, -0.2) is 4.39 Å². The van der Waals surface area contributed by atoms with E-state index in [1.54, 1.807) is 24.3 Å². The Kier molecular flexibility index (Phi) is 3.27. The molecule has 2 aromatic rings. The Labute approximate surface area is 115 Å². The molecule has 2 nitrogen and oxygen atoms in total. The molecule has 1 heterocycles. The van der Waals surface area contributed by atoms with Crippen LogP contribution in [0.2, 0.25) is 5.02 Å². The van der Waals surface area contributed by atoms with E-state index in [2.05, 4.69) is 0 Å². The second-order valence-electron chi connectivity index (χ2n) is 4.33. The summed E-state index contributed by atoms with van der Waals surface area (Å²) in [5, 5.41) is 0.649. The van der Waals surface area contributed by atoms with E-state index in [0.29, 0.717) is 18.2 Å². The van der Waals surface area contributed by atoms with Crippen molar-refractivity contribution in [2.24, 2.45) is 0 Å². The van der Waals surface area contributed by atoms with Crippen molar-refractivity contribution < 1.29 is 13.9 Å². The molecule has 1 fully saturated rings. The van der Waals surface area contributed by atoms with Gasteiger partial charge in [0, 0.05) is 16.1 Å². The monoisotopic (exact) mass is 278 g/mol. The highest BCUT2D eigenvalue weighted by Gasteiger charge is 2.40. The quantitative estimate of drug-likeness (QED) is 0.833. The van der Waals surface area contributed by atoms with E-state index in [4.69, 9.17) is 21.1 Å². The summed E-state index contributed by atoms with van der Waals surface area (Å²) in [6, 6.07) is 13.4. The van der Waals surface area contributed by atoms with Crippen LogP contribution in [0.4, 0.5) is 4.39 Å². The molecule has 0 atom stereocenters. The van der Waals surface area contributed by atoms with Gasteiger partial charge in [-0.2, -0.15) is 0 Å². The highest BCUT2D eigenvalue weighted by Crippen LogP contribution is 2.38. The molecule has 1 saturated heterocycles. The van der Waals surface area contributed by atoms with Crippen LogP contribution in [0, 0.1) is 5.82 Å². The van der Waals surface area contributed by atoms with Crippen LogP contribution in [0.3, 0.4) is 0 Å². The minimum Gasteiger partial charge on any atom is -0.340 e. The number of ether oxygens (including phenoxy) is 2. The topological polar surface area (TPSA) is 18.5 Å². The highest BCUT2D eigenvalue weighted by atomic mass is 35.5. The maximum absolute atomic E-state index is 13.1. The van der Waals surface area contributed by atoms with Crippen molar-refractivity contribution in [3.05, 3.63) is 70.5 Å². The first-order chi connectivity index (χ1) is 9.21. The van der Waals surface area contributed by atoms with Crippen molar-refractivity contribution >= 4 is 11.6 Å². The summed E-state index contributed by atoms with van der Waals surface area (Å²) in [7, 11) is 0. The average molecular weight is 279 g/mol. The Hall–Kier alpha value is -1.42. The lowest BCUT2D eigenvalue weighted by Crippen LogP contribution is -2.28. The van der Waals surface area contributed by atoms with Crippen molar-refractivity contribution in [2.45, 2.75) is 5.79 Å². The first-order valence-electron chi connectivity index (χ1n) is 6.01. The van der Waals surface area contributed by atoms with E-state index in [0.717, 1.165) is 11.1 Å². The molecule has 0 aromatic heterocycles. The molecule has 0 aliphatic carbocycles. The summed E-state index contributed by atoms with van der Waals surface area (Å²) in [4.78, 5) is 0. The molecular formula is C15H12ClFO2. The Morgan fingerprint density at radius 1 is 0.842 bits per heavy atom. The lowest BCUT2D eigenvalue weighted by Gasteiger charge is -2.28. The molecule has 2 aromatic carbocycles. The van der Waals surface area contributed by atoms with Crippen LogP contribution < -0.4 is 0 Å². The van der Waals surface area contributed by atoms with Crippen molar-refractivity contribution in [3.8, 4) is 0 Å². The van der Waals surface area contributed by atoms with Gasteiger partial charge in [-0.3, -0.25) is 0 Å². The zero-order valence-electron chi connectivity index (χ0n) is 10.1. The maximum atomic E-state index is 13.1. The van der Waals surface area contributed by atoms with Gasteiger partial charge in [0.2, 0.25) is 5.79 Å². The van der Waals surface area contributed by atoms with Gasteiger partial charge in [0.25, 0.3) is 0 Å². The number of hydrogen-bond acceptors (Lipinski definition) is 2. The predicted molar refractivity (Wildman–Crippen MR) is 70.5 cm³/mol. The Balaban J connectivity index is 2.08. The van der Waals surface area contributed by atoms with Gasteiger partial charge in [-0.15, -0.1) is 0 Å². The third-order valence-electron chi connectivity index (χ3n) is 3.14. The first-order valence-corrected chi connectivity index (χ1v) is 6.38. The molecule has 4 heteroatoms. The van der Waals surface area contributed by atoms with Crippen molar-refractivity contribution in [1.29, 1.82) is 0 Å². The minimum absolute atomic E-state index is 0.284. The summed E-state index contributed by atoms with van der Waals surface area (Å²) in [6.07, 6.45) is 0. The summed E-state index contributed by atoms with van der Waals surface area (Å²) >= 11 is 5.90. The molecule has 3 rings (SSSR count). The number of benzene rings is 2. The Morgan fingerprint density at radius 2 is 1.32 bits per heavy atom. The van der Waals surface area contributed by atoms with Gasteiger partial charge >= 0.3 is 0 Å². The molecule has 0 unspecified atom stereocenters. The molecule has 0 spiro atoms. The van der Waals surface area contributed by atoms with Gasteiger partial charge in [-0.1, -0.05) is 35.9 Å². The van der Waals surface area contributed by atoms with E-state index in [9.17, 15) is 4.39 Å². The Bertz CT molecular complexity index is 512. The minimum atomic E-state index is -0.960. The molecule has 98 valence electrons. The molecular weight excluding hydrogens is 267 g/mol. The van der Waals surface area contributed by atoms with E-state index in [1.165, 1.54) is 12.1 Å². The van der Waals surface area contributed by atoms with Crippen LogP contribution in [-0.2, 0) is 15.3 Å². The van der Waals surface area contributed by atoms with Crippen molar-refractivity contribution in [1.82, 2.24) is 0 Å². The highest BCUT2D eigenvalue weighted by molar-refractivity contribution is 6.30. The first kappa shape index (κ1) is 12.6. The standard InChI is InChI=1S/C15H12ClFO2/c16-13-5-1-11(2-6-13)15(18-9-10-19-15)12-3-7-14(17)8-4-12/h1-8H,9-10H2. The van der Waals surface area contributed by atoms with Gasteiger partial charge in [0.05, 0.1) is 13.2 Å². The summed E-state index contributed by atoms with van der Waals surface area (Å²) in [6.45, 7) is 1.00. The summed E-state index contributed by atoms with van der Waals surface area (Å²) in [5.74, 6) is -1.24. The maximum Gasteiger partial charge on any atom is 0.222 e. The fraction of sp³-hybridized carbons (Fsp3) is 0.200. The number of hydrogen-bond donors (Lipinski definition) is 0. The van der Waals surface area contributed by atoms with E-state index >= 15 is 0 Å². The molecule has 19 heavy (non-hydrogen) atoms. The smallest absolute Gasteiger partial charge is 0.222 e. The fourth-order valence-corrected chi connectivity index (χ4v) is 2.38. The largest absolute Gasteiger partial charge is 0.340 e. The van der Waals surface area contributed by atoms with Crippen LogP contribution >= 0.6 is 11.6 Å². The van der Waals surface area contributed by atoms with Crippen molar-refractivity contribution in [2.75, 3.05) is 13.2 Å². The normalized spacial score (nSPS) is 17.6. The fourth-order valence-electron chi connectivity index (χ4n) is 2.25. The molecule has 1 aliphatic heterocycles. The van der Waals surface area contributed by atoms with E-state index in [1.807, 2.05) is 12.1 Å². The van der Waals surface area contributed by atoms with E-state index in [-0.39, 0.29) is 5.82 Å². The third-order valence-corrected chi connectivity index (χ3v) is 3.39. The second-order valence-corrected chi connectivity index (χ2v) is 4.76. The SMILES string of the molecule is Fc1ccc(C2(c3ccc(Cl)cc3)OCCO2)cc1. The third kappa shape index (κ3) is 2.25. The van der Waals surface area contributed by atoms with Crippen LogP contribution in [0.25, 0.3) is 0 Å². The lowest BCUT2D eigenvalue weighted by atomic mass is 9.97. The van der Waals surface area contributed by atoms with Gasteiger partial charge in [-0.05, 0) is 24.3 Å². The molecule has 0 N–H and O–H groups in total. The zero-order valence-corrected chi connectivity index (χ0v) is 10.9. The summed E-state index contributed by atoms with van der Waals surface area (Å²) < 4.78 is 24.7. The zero-order chi connectivity index (χ0) is 13.3. The lowest BCUT2D eigenvalue weighted by molar-refractivity contribution is -0.129. The van der Waals surface area contributed by atoms with Gasteiger partial charge in [0.1, 0.15) is 5.82 Å². The molecule has 1 aliphatic rings. The molecule has 0 bridgehead atoms. The van der Waals surface area contributed by atoms with Crippen molar-refractivity contribution in [3.63, 3.8) is 0 Å². The predicted octanol–water partition coefficient (Wildman–Crippen LogP) is 3.73. The van der Waals surface area contributed by atoms with Crippen LogP contribution in [0.15, 0.2) is 48.5 Å². The number of halogens is 2. The number of rotatable bonds is 2. The average Bonchev–Trinajstić information content (AvgIpc) is 2.91. The molecule has 0 radical (unpaired) electrons. The van der Waals surface area contributed by atoms with E-state index < -0.39 is 5.79 Å². The molecule has 0 amide bonds. The second kappa shape index (κ2) is 4.93. The van der Waals surface area contributed by atoms with Gasteiger partial charge < -0.3 is 9.47 Å². The van der Waals surface area contributed by atoms with Crippen LogP contribution in [0.1, 0.15) is 11.1 Å². The molecule has 0 saturated carbocycles. The van der Waals surface area contributed by atoms with Crippen LogP contribution in [-0.4, -0.2) is 13.2 Å². The Morgan fingerprint density at radius 3 is 1.84 bits per heavy atom. The van der Waals surface area contributed by atoms with Crippen LogP contribution in [0.5, 0.6) is 0 Å². The summed E-state index contributed by atoms with van der Waals surface area (Å²) in [5.41, 5.74) is 1.62.